The molecule has 0 radical (unpaired) electrons. The zero-order valence-corrected chi connectivity index (χ0v) is 40.2. The molecule has 0 saturated carbocycles. The Balaban J connectivity index is 4.20. The quantitative estimate of drug-likeness (QED) is 0.0282. The summed E-state index contributed by atoms with van der Waals surface area (Å²) < 4.78 is 17.3. The maximum Gasteiger partial charge on any atom is 0.362 e. The van der Waals surface area contributed by atoms with E-state index in [-0.39, 0.29) is 36.2 Å². The lowest BCUT2D eigenvalue weighted by Crippen LogP contribution is -2.50. The van der Waals surface area contributed by atoms with Gasteiger partial charge in [-0.2, -0.15) is 0 Å². The van der Waals surface area contributed by atoms with E-state index < -0.39 is 18.1 Å². The second kappa shape index (κ2) is 43.5. The van der Waals surface area contributed by atoms with Gasteiger partial charge in [0.25, 0.3) is 0 Å². The number of hydrogen-bond donors (Lipinski definition) is 1. The lowest BCUT2D eigenvalue weighted by molar-refractivity contribution is -0.887. The molecule has 0 spiro atoms. The number of rotatable bonds is 46. The Kier molecular flexibility index (Phi) is 41.9. The number of carboxylic acids is 1. The number of nitrogens with zero attached hydrogens (tertiary/aromatic N) is 1. The molecule has 0 aromatic rings. The molecular formula is C52H98NO7+. The molecule has 1 N–H and O–H groups in total. The second-order valence-electron chi connectivity index (χ2n) is 18.5. The SMILES string of the molecule is CCCCC/C=C/C=C/CCCCCCCCC(=O)OC(COCCC(C(=O)O)[N+](C)(C)C)COC(=O)CCCCCCCCCCCCCCCCCCCCCCC. The number of esters is 2. The topological polar surface area (TPSA) is 99.1 Å². The first kappa shape index (κ1) is 57.8. The van der Waals surface area contributed by atoms with Gasteiger partial charge in [0.1, 0.15) is 6.61 Å². The van der Waals surface area contributed by atoms with Gasteiger partial charge in [-0.1, -0.05) is 205 Å². The molecule has 0 saturated heterocycles. The highest BCUT2D eigenvalue weighted by atomic mass is 16.6. The maximum atomic E-state index is 12.8. The number of ether oxygens (including phenoxy) is 3. The largest absolute Gasteiger partial charge is 0.477 e. The highest BCUT2D eigenvalue weighted by molar-refractivity contribution is 5.72. The van der Waals surface area contributed by atoms with E-state index in [1.807, 2.05) is 21.1 Å². The molecule has 0 aromatic heterocycles. The van der Waals surface area contributed by atoms with Crippen molar-refractivity contribution in [3.05, 3.63) is 24.3 Å². The molecule has 0 aliphatic carbocycles. The summed E-state index contributed by atoms with van der Waals surface area (Å²) >= 11 is 0. The molecule has 0 aliphatic heterocycles. The number of unbranched alkanes of at least 4 members (excludes halogenated alkanes) is 29. The van der Waals surface area contributed by atoms with Crippen LogP contribution in [0.15, 0.2) is 24.3 Å². The molecule has 0 rings (SSSR count). The smallest absolute Gasteiger partial charge is 0.362 e. The third kappa shape index (κ3) is 41.2. The maximum absolute atomic E-state index is 12.8. The monoisotopic (exact) mass is 849 g/mol. The van der Waals surface area contributed by atoms with Gasteiger partial charge >= 0.3 is 17.9 Å². The fourth-order valence-electron chi connectivity index (χ4n) is 7.67. The zero-order valence-electron chi connectivity index (χ0n) is 40.2. The van der Waals surface area contributed by atoms with Gasteiger partial charge in [0.2, 0.25) is 0 Å². The molecule has 8 nitrogen and oxygen atoms in total. The van der Waals surface area contributed by atoms with Gasteiger partial charge in [0.05, 0.1) is 34.4 Å². The van der Waals surface area contributed by atoms with Gasteiger partial charge < -0.3 is 23.8 Å². The number of likely N-dealkylation sites (N-methyl/N-ethyl adjacent to an activating group) is 1. The first-order valence-electron chi connectivity index (χ1n) is 25.4. The lowest BCUT2D eigenvalue weighted by Gasteiger charge is -2.31. The summed E-state index contributed by atoms with van der Waals surface area (Å²) in [6.07, 6.45) is 49.4. The van der Waals surface area contributed by atoms with Crippen molar-refractivity contribution in [1.82, 2.24) is 0 Å². The van der Waals surface area contributed by atoms with Gasteiger partial charge in [-0.3, -0.25) is 9.59 Å². The van der Waals surface area contributed by atoms with Crippen molar-refractivity contribution in [1.29, 1.82) is 0 Å². The molecule has 2 unspecified atom stereocenters. The minimum Gasteiger partial charge on any atom is -0.477 e. The fraction of sp³-hybridized carbons (Fsp3) is 0.865. The van der Waals surface area contributed by atoms with Crippen LogP contribution in [0.5, 0.6) is 0 Å². The summed E-state index contributed by atoms with van der Waals surface area (Å²) in [5.74, 6) is -1.47. The Bertz CT molecular complexity index is 1040. The summed E-state index contributed by atoms with van der Waals surface area (Å²) in [5.41, 5.74) is 0. The molecule has 352 valence electrons. The van der Waals surface area contributed by atoms with Crippen LogP contribution in [0.3, 0.4) is 0 Å². The van der Waals surface area contributed by atoms with E-state index in [4.69, 9.17) is 14.2 Å². The predicted octanol–water partition coefficient (Wildman–Crippen LogP) is 14.4. The normalized spacial score (nSPS) is 13.0. The Morgan fingerprint density at radius 3 is 1.28 bits per heavy atom. The predicted molar refractivity (Wildman–Crippen MR) is 252 cm³/mol. The van der Waals surface area contributed by atoms with Crippen molar-refractivity contribution in [2.75, 3.05) is 41.0 Å². The van der Waals surface area contributed by atoms with Crippen molar-refractivity contribution >= 4 is 17.9 Å². The Morgan fingerprint density at radius 1 is 0.500 bits per heavy atom. The van der Waals surface area contributed by atoms with E-state index in [1.165, 1.54) is 154 Å². The molecule has 2 atom stereocenters. The Hall–Kier alpha value is -2.19. The molecule has 0 heterocycles. The molecule has 0 fully saturated rings. The van der Waals surface area contributed by atoms with Gasteiger partial charge in [0.15, 0.2) is 12.1 Å². The van der Waals surface area contributed by atoms with Gasteiger partial charge in [0, 0.05) is 19.3 Å². The van der Waals surface area contributed by atoms with Crippen molar-refractivity contribution in [2.45, 2.75) is 251 Å². The number of hydrogen-bond acceptors (Lipinski definition) is 6. The van der Waals surface area contributed by atoms with E-state index in [9.17, 15) is 19.5 Å². The molecule has 0 bridgehead atoms. The minimum atomic E-state index is -0.874. The van der Waals surface area contributed by atoms with Crippen molar-refractivity contribution < 1.29 is 38.2 Å². The third-order valence-corrected chi connectivity index (χ3v) is 11.6. The number of carbonyl (C=O) groups is 3. The van der Waals surface area contributed by atoms with Crippen LogP contribution in [0.4, 0.5) is 0 Å². The van der Waals surface area contributed by atoms with Crippen LogP contribution in [-0.4, -0.2) is 80.6 Å². The molecule has 60 heavy (non-hydrogen) atoms. The Morgan fingerprint density at radius 2 is 0.867 bits per heavy atom. The summed E-state index contributed by atoms with van der Waals surface area (Å²) in [6, 6.07) is -0.614. The van der Waals surface area contributed by atoms with Crippen LogP contribution < -0.4 is 0 Å². The van der Waals surface area contributed by atoms with Crippen molar-refractivity contribution in [3.63, 3.8) is 0 Å². The lowest BCUT2D eigenvalue weighted by atomic mass is 10.0. The minimum absolute atomic E-state index is 0.0510. The fourth-order valence-corrected chi connectivity index (χ4v) is 7.67. The average Bonchev–Trinajstić information content (AvgIpc) is 3.21. The van der Waals surface area contributed by atoms with Crippen molar-refractivity contribution in [2.24, 2.45) is 0 Å². The molecule has 8 heteroatoms. The van der Waals surface area contributed by atoms with Gasteiger partial charge in [-0.15, -0.1) is 0 Å². The van der Waals surface area contributed by atoms with E-state index in [0.29, 0.717) is 19.3 Å². The standard InChI is InChI=1S/C52H97NO7/c1-6-8-10-12-14-16-18-20-22-23-24-25-26-27-29-30-32-34-36-38-40-42-50(54)59-47-48(46-58-45-44-49(52(56)57)53(3,4)5)60-51(55)43-41-39-37-35-33-31-28-21-19-17-15-13-11-9-7-2/h15,17,19,21,48-49H,6-14,16,18,20,22-47H2,1-5H3/p+1/b17-15+,21-19+. The Labute approximate surface area is 371 Å². The molecular weight excluding hydrogens is 751 g/mol. The van der Waals surface area contributed by atoms with Crippen molar-refractivity contribution in [3.8, 4) is 0 Å². The zero-order chi connectivity index (χ0) is 44.2. The van der Waals surface area contributed by atoms with Crippen LogP contribution >= 0.6 is 0 Å². The summed E-state index contributed by atoms with van der Waals surface area (Å²) in [6.45, 7) is 4.73. The first-order chi connectivity index (χ1) is 29.1. The average molecular weight is 849 g/mol. The van der Waals surface area contributed by atoms with E-state index in [1.54, 1.807) is 0 Å². The summed E-state index contributed by atoms with van der Waals surface area (Å²) in [7, 11) is 5.54. The van der Waals surface area contributed by atoms with Gasteiger partial charge in [-0.05, 0) is 38.5 Å². The van der Waals surface area contributed by atoms with Crippen LogP contribution in [0.2, 0.25) is 0 Å². The highest BCUT2D eigenvalue weighted by Gasteiger charge is 2.31. The van der Waals surface area contributed by atoms with Crippen LogP contribution in [0.1, 0.15) is 239 Å². The van der Waals surface area contributed by atoms with E-state index in [2.05, 4.69) is 38.2 Å². The second-order valence-corrected chi connectivity index (χ2v) is 18.5. The first-order valence-corrected chi connectivity index (χ1v) is 25.4. The number of quaternary nitrogens is 1. The van der Waals surface area contributed by atoms with Crippen LogP contribution in [0.25, 0.3) is 0 Å². The van der Waals surface area contributed by atoms with Gasteiger partial charge in [-0.25, -0.2) is 4.79 Å². The highest BCUT2D eigenvalue weighted by Crippen LogP contribution is 2.16. The third-order valence-electron chi connectivity index (χ3n) is 11.6. The van der Waals surface area contributed by atoms with Crippen LogP contribution in [0, 0.1) is 0 Å². The number of carbonyl (C=O) groups excluding carboxylic acids is 2. The summed E-state index contributed by atoms with van der Waals surface area (Å²) in [5, 5.41) is 9.64. The number of aliphatic carboxylic acids is 1. The molecule has 0 aliphatic rings. The number of allylic oxidation sites excluding steroid dienone is 4. The van der Waals surface area contributed by atoms with Crippen LogP contribution in [-0.2, 0) is 28.6 Å². The van der Waals surface area contributed by atoms with E-state index in [0.717, 1.165) is 51.4 Å². The number of carboxylic acid groups (broad SMARTS) is 1. The summed E-state index contributed by atoms with van der Waals surface area (Å²) in [4.78, 5) is 37.1. The van der Waals surface area contributed by atoms with E-state index >= 15 is 0 Å². The molecule has 0 aromatic carbocycles. The molecule has 0 amide bonds.